The largest absolute Gasteiger partial charge is 0.508 e. The second-order valence-electron chi connectivity index (χ2n) is 16.5. The first kappa shape index (κ1) is 56.2. The van der Waals surface area contributed by atoms with Crippen molar-refractivity contribution in [3.63, 3.8) is 0 Å². The van der Waals surface area contributed by atoms with Crippen molar-refractivity contribution in [3.8, 4) is 11.5 Å². The van der Waals surface area contributed by atoms with Crippen molar-refractivity contribution in [2.24, 2.45) is 0 Å². The van der Waals surface area contributed by atoms with Crippen LogP contribution in [0.25, 0.3) is 0 Å². The third-order valence-electron chi connectivity index (χ3n) is 11.9. The number of phenolic OH excluding ortho intramolecular Hbond substituents is 1. The van der Waals surface area contributed by atoms with Crippen LogP contribution < -0.4 is 4.18 Å². The van der Waals surface area contributed by atoms with Crippen molar-refractivity contribution in [1.29, 1.82) is 0 Å². The Kier molecular flexibility index (Phi) is 18.7. The quantitative estimate of drug-likeness (QED) is 0.0800. The van der Waals surface area contributed by atoms with E-state index >= 15 is 0 Å². The van der Waals surface area contributed by atoms with Gasteiger partial charge in [0.15, 0.2) is 21.4 Å². The number of aliphatic hydroxyl groups is 4. The van der Waals surface area contributed by atoms with E-state index in [9.17, 15) is 50.2 Å². The zero-order valence-electron chi connectivity index (χ0n) is 39.5. The smallest absolute Gasteiger partial charge is 0.397 e. The third kappa shape index (κ3) is 13.7. The zero-order chi connectivity index (χ0) is 51.9. The molecule has 1 heterocycles. The summed E-state index contributed by atoms with van der Waals surface area (Å²) in [6.07, 6.45) is -4.94. The number of hydrogen-bond donors (Lipinski definition) is 6. The summed E-state index contributed by atoms with van der Waals surface area (Å²) in [7, 11) is -12.0. The van der Waals surface area contributed by atoms with E-state index < -0.39 is 73.2 Å². The number of phenols is 1. The molecule has 0 spiro atoms. The second-order valence-corrected chi connectivity index (χ2v) is 21.3. The number of benzene rings is 5. The maximum absolute atomic E-state index is 13.2. The number of fused-ring (bicyclic) bond motifs is 2. The van der Waals surface area contributed by atoms with Crippen LogP contribution in [0.5, 0.6) is 11.5 Å². The van der Waals surface area contributed by atoms with Gasteiger partial charge in [0.05, 0.1) is 30.0 Å². The Labute approximate surface area is 403 Å². The molecule has 0 amide bonds. The van der Waals surface area contributed by atoms with E-state index in [1.807, 2.05) is 54.5 Å². The Balaban J connectivity index is 0.000000205. The summed E-state index contributed by atoms with van der Waals surface area (Å²) in [6, 6.07) is 21.5. The maximum atomic E-state index is 13.2. The average Bonchev–Trinajstić information content (AvgIpc) is 3.28. The summed E-state index contributed by atoms with van der Waals surface area (Å²) >= 11 is 0. The first-order chi connectivity index (χ1) is 32.0. The fourth-order valence-electron chi connectivity index (χ4n) is 7.42. The van der Waals surface area contributed by atoms with Gasteiger partial charge in [0, 0.05) is 22.3 Å². The number of aryl methyl sites for hydroxylation is 2. The molecule has 1 aliphatic carbocycles. The van der Waals surface area contributed by atoms with Crippen LogP contribution in [0.1, 0.15) is 83.3 Å². The van der Waals surface area contributed by atoms with Gasteiger partial charge in [-0.15, -0.1) is 0 Å². The number of ether oxygens (including phenoxy) is 1. The number of aliphatic hydroxyl groups excluding tert-OH is 4. The topological polar surface area (TPSA) is 286 Å². The zero-order valence-corrected chi connectivity index (χ0v) is 41.9. The maximum Gasteiger partial charge on any atom is 0.397 e. The number of para-hydroxylation sites is 1. The fraction of sp³-hybridized carbons (Fsp3) is 0.347. The van der Waals surface area contributed by atoms with Gasteiger partial charge in [-0.2, -0.15) is 16.8 Å². The third-order valence-corrected chi connectivity index (χ3v) is 15.3. The molecular weight excluding hydrogens is 957 g/mol. The molecule has 17 nitrogen and oxygen atoms in total. The van der Waals surface area contributed by atoms with E-state index in [1.54, 1.807) is 56.3 Å². The lowest BCUT2D eigenvalue weighted by Crippen LogP contribution is -2.57. The van der Waals surface area contributed by atoms with Gasteiger partial charge in [-0.3, -0.25) is 14.1 Å². The van der Waals surface area contributed by atoms with Crippen LogP contribution in [0.3, 0.4) is 0 Å². The number of ketones is 2. The van der Waals surface area contributed by atoms with Crippen molar-refractivity contribution in [2.75, 3.05) is 19.0 Å². The highest BCUT2D eigenvalue weighted by Gasteiger charge is 2.41. The number of rotatable bonds is 9. The Morgan fingerprint density at radius 3 is 1.70 bits per heavy atom. The van der Waals surface area contributed by atoms with Gasteiger partial charge in [-0.25, -0.2) is 12.6 Å². The summed E-state index contributed by atoms with van der Waals surface area (Å²) < 4.78 is 89.7. The van der Waals surface area contributed by atoms with Crippen LogP contribution >= 0.6 is 0 Å². The van der Waals surface area contributed by atoms with Crippen molar-refractivity contribution >= 4 is 41.9 Å². The summed E-state index contributed by atoms with van der Waals surface area (Å²) in [5.41, 5.74) is 10.3. The number of aromatic hydroxyl groups is 1. The van der Waals surface area contributed by atoms with Gasteiger partial charge in [0.2, 0.25) is 0 Å². The van der Waals surface area contributed by atoms with E-state index in [1.165, 1.54) is 36.4 Å². The van der Waals surface area contributed by atoms with Gasteiger partial charge in [0.25, 0.3) is 0 Å². The molecule has 5 atom stereocenters. The second kappa shape index (κ2) is 23.0. The van der Waals surface area contributed by atoms with Crippen LogP contribution in [-0.4, -0.2) is 116 Å². The molecular formula is C49H58O17S3. The first-order valence-corrected chi connectivity index (χ1v) is 25.8. The van der Waals surface area contributed by atoms with E-state index in [4.69, 9.17) is 23.7 Å². The predicted octanol–water partition coefficient (Wildman–Crippen LogP) is 5.22. The molecule has 1 aliphatic heterocycles. The van der Waals surface area contributed by atoms with Gasteiger partial charge in [-0.05, 0) is 161 Å². The van der Waals surface area contributed by atoms with Crippen LogP contribution in [0.4, 0.5) is 0 Å². The highest BCUT2D eigenvalue weighted by molar-refractivity contribution is 7.91. The fourth-order valence-corrected chi connectivity index (χ4v) is 9.94. The Hall–Kier alpha value is -5.39. The molecule has 374 valence electrons. The number of sulfone groups is 1. The van der Waals surface area contributed by atoms with Crippen LogP contribution in [0.2, 0.25) is 0 Å². The molecule has 2 aliphatic rings. The molecule has 7 rings (SSSR count). The van der Waals surface area contributed by atoms with Gasteiger partial charge in [-0.1, -0.05) is 30.3 Å². The molecule has 6 N–H and O–H groups in total. The molecule has 5 unspecified atom stereocenters. The molecule has 5 aromatic rings. The summed E-state index contributed by atoms with van der Waals surface area (Å²) in [6.45, 7) is 16.2. The van der Waals surface area contributed by atoms with Crippen molar-refractivity contribution in [2.45, 2.75) is 103 Å². The summed E-state index contributed by atoms with van der Waals surface area (Å²) in [5.74, 6) is -0.274. The minimum Gasteiger partial charge on any atom is -0.508 e. The van der Waals surface area contributed by atoms with Crippen LogP contribution in [0, 0.1) is 55.4 Å². The van der Waals surface area contributed by atoms with Gasteiger partial charge < -0.3 is 34.5 Å². The minimum atomic E-state index is -4.60. The first-order valence-electron chi connectivity index (χ1n) is 21.3. The van der Waals surface area contributed by atoms with Crippen LogP contribution in [0.15, 0.2) is 94.7 Å². The minimum absolute atomic E-state index is 0.000784. The van der Waals surface area contributed by atoms with E-state index in [0.717, 1.165) is 44.5 Å². The lowest BCUT2D eigenvalue weighted by Gasteiger charge is -2.38. The lowest BCUT2D eigenvalue weighted by molar-refractivity contribution is -0.224. The molecule has 0 aromatic heterocycles. The Morgan fingerprint density at radius 1 is 0.609 bits per heavy atom. The molecule has 0 radical (unpaired) electrons. The molecule has 69 heavy (non-hydrogen) atoms. The molecule has 0 bridgehead atoms. The number of hydrogen-bond acceptors (Lipinski definition) is 16. The average molecular weight is 1020 g/mol. The standard InChI is InChI=1S/C21H22O2.C12H10O4S.C9H12O6S2.C7H14O5/c1-9-8-16-17(13(5)10(9)2)21(23)19-15(7)12(4)11(3)14(6)18(19)20(16)22;13-10-6-8-12(9-7-10)17(14,15)16-11-4-2-1-3-5-11;1-8-3-2-4-9(7-8)16(10,11)6-5-15-17(12,13)14;1-3-5(9)7(11)6(10)4(2-8)12-3/h8H,1-7H3;1-9,13H;2-4,7H,5-6H2,1H3,(H,12,13,14);3-11H,2H2,1H3. The molecule has 1 saturated heterocycles. The van der Waals surface area contributed by atoms with Crippen molar-refractivity contribution in [3.05, 3.63) is 152 Å². The molecule has 1 fully saturated rings. The Bertz CT molecular complexity index is 3000. The van der Waals surface area contributed by atoms with Crippen molar-refractivity contribution < 1.29 is 78.0 Å². The normalized spacial score (nSPS) is 18.8. The molecule has 20 heteroatoms. The SMILES string of the molecule is CC1OC(CO)C(O)C(O)C1O.Cc1cc2c(c(C)c1C)C(=O)c1c(C)c(C)c(C)c(C)c1C2=O.Cc1cccc(S(=O)(=O)CCOS(=O)(=O)O)c1.O=S(=O)(Oc1ccccc1)c1ccc(O)cc1. The van der Waals surface area contributed by atoms with Crippen LogP contribution in [-0.2, 0) is 39.3 Å². The molecule has 5 aromatic carbocycles. The lowest BCUT2D eigenvalue weighted by atomic mass is 9.75. The summed E-state index contributed by atoms with van der Waals surface area (Å²) in [5, 5.41) is 45.5. The monoisotopic (exact) mass is 1010 g/mol. The molecule has 0 saturated carbocycles. The number of carbonyl (C=O) groups excluding carboxylic acids is 2. The summed E-state index contributed by atoms with van der Waals surface area (Å²) in [4.78, 5) is 26.5. The van der Waals surface area contributed by atoms with Gasteiger partial charge >= 0.3 is 20.5 Å². The van der Waals surface area contributed by atoms with E-state index in [-0.39, 0.29) is 39.5 Å². The highest BCUT2D eigenvalue weighted by Crippen LogP contribution is 2.37. The van der Waals surface area contributed by atoms with Gasteiger partial charge in [0.1, 0.15) is 40.8 Å². The Morgan fingerprint density at radius 2 is 1.16 bits per heavy atom. The highest BCUT2D eigenvalue weighted by atomic mass is 32.3. The predicted molar refractivity (Wildman–Crippen MR) is 255 cm³/mol. The van der Waals surface area contributed by atoms with E-state index in [2.05, 4.69) is 4.18 Å². The van der Waals surface area contributed by atoms with Crippen molar-refractivity contribution in [1.82, 2.24) is 0 Å². The van der Waals surface area contributed by atoms with E-state index in [0.29, 0.717) is 22.3 Å². The number of carbonyl (C=O) groups is 2.